The molecule has 6 heteroatoms. The molecule has 4 nitrogen and oxygen atoms in total. The van der Waals surface area contributed by atoms with Crippen LogP contribution >= 0.6 is 11.6 Å². The van der Waals surface area contributed by atoms with Gasteiger partial charge in [0, 0.05) is 12.0 Å². The van der Waals surface area contributed by atoms with Gasteiger partial charge >= 0.3 is 0 Å². The molecule has 0 heterocycles. The Kier molecular flexibility index (Phi) is 12.2. The van der Waals surface area contributed by atoms with Gasteiger partial charge in [-0.15, -0.1) is 0 Å². The van der Waals surface area contributed by atoms with Gasteiger partial charge < -0.3 is 0 Å². The molecule has 0 amide bonds. The van der Waals surface area contributed by atoms with Crippen LogP contribution in [0, 0.1) is 0 Å². The van der Waals surface area contributed by atoms with Crippen molar-refractivity contribution in [1.29, 1.82) is 0 Å². The Labute approximate surface area is 134 Å². The number of sulfonamides is 1. The highest BCUT2D eigenvalue weighted by Crippen LogP contribution is 2.27. The molecule has 21 heavy (non-hydrogen) atoms. The minimum atomic E-state index is -3.39. The van der Waals surface area contributed by atoms with E-state index in [0.29, 0.717) is 12.0 Å². The van der Waals surface area contributed by atoms with Crippen LogP contribution < -0.4 is 4.72 Å². The van der Waals surface area contributed by atoms with Crippen molar-refractivity contribution < 1.29 is 13.2 Å². The third-order valence-corrected chi connectivity index (χ3v) is 2.91. The van der Waals surface area contributed by atoms with Crippen molar-refractivity contribution in [3.63, 3.8) is 0 Å². The van der Waals surface area contributed by atoms with Gasteiger partial charge in [-0.25, -0.2) is 8.42 Å². The molecule has 0 atom stereocenters. The summed E-state index contributed by atoms with van der Waals surface area (Å²) >= 11 is 5.94. The van der Waals surface area contributed by atoms with E-state index >= 15 is 0 Å². The topological polar surface area (TPSA) is 63.2 Å². The predicted octanol–water partition coefficient (Wildman–Crippen LogP) is 4.75. The van der Waals surface area contributed by atoms with Crippen LogP contribution in [0.1, 0.15) is 57.8 Å². The molecule has 0 saturated carbocycles. The Bertz CT molecular complexity index is 528. The zero-order valence-electron chi connectivity index (χ0n) is 13.7. The highest BCUT2D eigenvalue weighted by molar-refractivity contribution is 7.92. The second kappa shape index (κ2) is 11.6. The highest BCUT2D eigenvalue weighted by atomic mass is 35.5. The van der Waals surface area contributed by atoms with E-state index in [0.717, 1.165) is 6.26 Å². The van der Waals surface area contributed by atoms with Crippen molar-refractivity contribution in [2.24, 2.45) is 0 Å². The number of hydrogen-bond donors (Lipinski definition) is 1. The molecular weight excluding hydrogens is 310 g/mol. The fourth-order valence-electron chi connectivity index (χ4n) is 1.22. The average molecular weight is 336 g/mol. The summed E-state index contributed by atoms with van der Waals surface area (Å²) in [5, 5.41) is 0.139. The summed E-state index contributed by atoms with van der Waals surface area (Å²) in [6.07, 6.45) is 2.60. The zero-order chi connectivity index (χ0) is 17.1. The van der Waals surface area contributed by atoms with Crippen molar-refractivity contribution in [2.45, 2.75) is 47.5 Å². The van der Waals surface area contributed by atoms with Gasteiger partial charge in [-0.05, 0) is 12.1 Å². The van der Waals surface area contributed by atoms with Crippen LogP contribution in [0.5, 0.6) is 0 Å². The van der Waals surface area contributed by atoms with E-state index in [9.17, 15) is 13.2 Å². The molecule has 0 aliphatic carbocycles. The minimum absolute atomic E-state index is 0.123. The molecule has 0 bridgehead atoms. The second-order valence-electron chi connectivity index (χ2n) is 4.03. The first-order valence-corrected chi connectivity index (χ1v) is 9.33. The van der Waals surface area contributed by atoms with Gasteiger partial charge in [0.25, 0.3) is 0 Å². The van der Waals surface area contributed by atoms with Crippen LogP contribution in [0.15, 0.2) is 18.2 Å². The van der Waals surface area contributed by atoms with Crippen molar-refractivity contribution in [3.05, 3.63) is 28.8 Å². The number of anilines is 1. The fraction of sp³-hybridized carbons (Fsp3) is 0.533. The van der Waals surface area contributed by atoms with Crippen molar-refractivity contribution in [2.75, 3.05) is 11.0 Å². The lowest BCUT2D eigenvalue weighted by Crippen LogP contribution is -2.11. The van der Waals surface area contributed by atoms with Crippen molar-refractivity contribution >= 4 is 33.1 Å². The van der Waals surface area contributed by atoms with Gasteiger partial charge in [0.2, 0.25) is 10.0 Å². The Hall–Kier alpha value is -1.07. The third-order valence-electron chi connectivity index (χ3n) is 1.92. The molecule has 0 saturated heterocycles. The third kappa shape index (κ3) is 9.47. The van der Waals surface area contributed by atoms with E-state index in [4.69, 9.17) is 11.6 Å². The predicted molar refractivity (Wildman–Crippen MR) is 91.9 cm³/mol. The molecule has 0 aromatic heterocycles. The van der Waals surface area contributed by atoms with E-state index in [1.807, 2.05) is 13.8 Å². The van der Waals surface area contributed by atoms with Gasteiger partial charge in [0.1, 0.15) is 0 Å². The molecular formula is C15H26ClNO3S. The Morgan fingerprint density at radius 3 is 2.05 bits per heavy atom. The number of nitrogens with one attached hydrogen (secondary N) is 1. The SMILES string of the molecule is CC.CCC.CCC(=O)c1cccc(NS(C)(=O)=O)c1Cl. The lowest BCUT2D eigenvalue weighted by molar-refractivity contribution is 0.0988. The number of carbonyl (C=O) groups is 1. The average Bonchev–Trinajstić information content (AvgIpc) is 2.42. The largest absolute Gasteiger partial charge is 0.294 e. The Morgan fingerprint density at radius 1 is 1.19 bits per heavy atom. The number of halogens is 1. The molecule has 1 rings (SSSR count). The number of rotatable bonds is 4. The molecule has 122 valence electrons. The van der Waals surface area contributed by atoms with Crippen molar-refractivity contribution in [3.8, 4) is 0 Å². The maximum absolute atomic E-state index is 11.5. The molecule has 1 aromatic carbocycles. The number of benzene rings is 1. The van der Waals surface area contributed by atoms with Crippen molar-refractivity contribution in [1.82, 2.24) is 0 Å². The quantitative estimate of drug-likeness (QED) is 0.808. The number of carbonyl (C=O) groups excluding carboxylic acids is 1. The summed E-state index contributed by atoms with van der Waals surface area (Å²) in [7, 11) is -3.39. The number of hydrogen-bond acceptors (Lipinski definition) is 3. The molecule has 0 radical (unpaired) electrons. The normalized spacial score (nSPS) is 9.67. The van der Waals surface area contributed by atoms with E-state index in [-0.39, 0.29) is 16.5 Å². The fourth-order valence-corrected chi connectivity index (χ4v) is 2.12. The Morgan fingerprint density at radius 2 is 1.67 bits per heavy atom. The van der Waals surface area contributed by atoms with E-state index in [2.05, 4.69) is 18.6 Å². The molecule has 0 aliphatic rings. The van der Waals surface area contributed by atoms with Crippen LogP contribution in [-0.4, -0.2) is 20.5 Å². The van der Waals surface area contributed by atoms with Crippen LogP contribution in [0.3, 0.4) is 0 Å². The van der Waals surface area contributed by atoms with Crippen LogP contribution in [0.2, 0.25) is 5.02 Å². The highest BCUT2D eigenvalue weighted by Gasteiger charge is 2.13. The zero-order valence-corrected chi connectivity index (χ0v) is 15.2. The van der Waals surface area contributed by atoms with E-state index < -0.39 is 10.0 Å². The molecule has 1 aromatic rings. The van der Waals surface area contributed by atoms with Crippen LogP contribution in [0.4, 0.5) is 5.69 Å². The molecule has 0 aliphatic heterocycles. The summed E-state index contributed by atoms with van der Waals surface area (Å²) < 4.78 is 24.4. The monoisotopic (exact) mass is 335 g/mol. The van der Waals surface area contributed by atoms with Crippen LogP contribution in [0.25, 0.3) is 0 Å². The Balaban J connectivity index is 0. The lowest BCUT2D eigenvalue weighted by Gasteiger charge is -2.09. The smallest absolute Gasteiger partial charge is 0.229 e. The van der Waals surface area contributed by atoms with Gasteiger partial charge in [-0.1, -0.05) is 58.7 Å². The molecule has 0 fully saturated rings. The summed E-state index contributed by atoms with van der Waals surface area (Å²) in [6, 6.07) is 4.67. The van der Waals surface area contributed by atoms with E-state index in [1.165, 1.54) is 12.5 Å². The van der Waals surface area contributed by atoms with E-state index in [1.54, 1.807) is 19.1 Å². The molecule has 1 N–H and O–H groups in total. The van der Waals surface area contributed by atoms with Gasteiger partial charge in [-0.2, -0.15) is 0 Å². The number of ketones is 1. The first-order chi connectivity index (χ1) is 9.76. The maximum atomic E-state index is 11.5. The summed E-state index contributed by atoms with van der Waals surface area (Å²) in [5.41, 5.74) is 0.557. The lowest BCUT2D eigenvalue weighted by atomic mass is 10.1. The van der Waals surface area contributed by atoms with Crippen LogP contribution in [-0.2, 0) is 10.0 Å². The minimum Gasteiger partial charge on any atom is -0.294 e. The summed E-state index contributed by atoms with van der Waals surface area (Å²) in [4.78, 5) is 11.5. The van der Waals surface area contributed by atoms with Gasteiger partial charge in [0.15, 0.2) is 5.78 Å². The number of Topliss-reactive ketones (excluding diaryl/α,β-unsaturated/α-hetero) is 1. The first kappa shape index (κ1) is 22.2. The standard InChI is InChI=1S/C10H12ClNO3S.C3H8.C2H6/c1-3-9(13)7-5-4-6-8(10(7)11)12-16(2,14)15;1-3-2;1-2/h4-6,12H,3H2,1-2H3;3H2,1-2H3;1-2H3. The van der Waals surface area contributed by atoms with Gasteiger partial charge in [0.05, 0.1) is 17.0 Å². The second-order valence-corrected chi connectivity index (χ2v) is 6.15. The molecule has 0 unspecified atom stereocenters. The van der Waals surface area contributed by atoms with Gasteiger partial charge in [-0.3, -0.25) is 9.52 Å². The maximum Gasteiger partial charge on any atom is 0.229 e. The summed E-state index contributed by atoms with van der Waals surface area (Å²) in [5.74, 6) is -0.123. The first-order valence-electron chi connectivity index (χ1n) is 7.06. The summed E-state index contributed by atoms with van der Waals surface area (Å²) in [6.45, 7) is 9.97. The molecule has 0 spiro atoms.